The molecule has 0 saturated heterocycles. The van der Waals surface area contributed by atoms with Crippen LogP contribution in [0.1, 0.15) is 29.2 Å². The monoisotopic (exact) mass is 409 g/mol. The molecule has 142 valence electrons. The maximum atomic E-state index is 5.86. The lowest BCUT2D eigenvalue weighted by Gasteiger charge is -2.03. The van der Waals surface area contributed by atoms with E-state index in [4.69, 9.17) is 4.42 Å². The van der Waals surface area contributed by atoms with Crippen molar-refractivity contribution in [1.82, 2.24) is 20.4 Å². The van der Waals surface area contributed by atoms with E-state index in [1.807, 2.05) is 50.2 Å². The minimum atomic E-state index is -0.0218. The average molecular weight is 410 g/mol. The molecule has 1 N–H and O–H groups in total. The molecule has 0 amide bonds. The van der Waals surface area contributed by atoms with Gasteiger partial charge in [0.15, 0.2) is 4.34 Å². The molecule has 0 aliphatic rings. The molecule has 28 heavy (non-hydrogen) atoms. The first-order valence-corrected chi connectivity index (χ1v) is 10.5. The van der Waals surface area contributed by atoms with Gasteiger partial charge in [0.25, 0.3) is 0 Å². The first kappa shape index (κ1) is 18.6. The van der Waals surface area contributed by atoms with Gasteiger partial charge in [0.2, 0.25) is 16.9 Å². The van der Waals surface area contributed by atoms with E-state index in [2.05, 4.69) is 44.8 Å². The van der Waals surface area contributed by atoms with Gasteiger partial charge in [-0.3, -0.25) is 0 Å². The van der Waals surface area contributed by atoms with Crippen LogP contribution in [0.15, 0.2) is 57.3 Å². The Kier molecular flexibility index (Phi) is 5.40. The molecule has 0 fully saturated rings. The van der Waals surface area contributed by atoms with Crippen LogP contribution in [0.25, 0.3) is 11.5 Å². The molecule has 2 aromatic heterocycles. The maximum absolute atomic E-state index is 5.86. The predicted molar refractivity (Wildman–Crippen MR) is 113 cm³/mol. The van der Waals surface area contributed by atoms with E-state index < -0.39 is 0 Å². The second kappa shape index (κ2) is 8.12. The molecule has 0 bridgehead atoms. The summed E-state index contributed by atoms with van der Waals surface area (Å²) in [5.41, 5.74) is 4.31. The summed E-state index contributed by atoms with van der Waals surface area (Å²) in [5.74, 6) is 1.10. The van der Waals surface area contributed by atoms with Gasteiger partial charge in [0, 0.05) is 11.3 Å². The summed E-state index contributed by atoms with van der Waals surface area (Å²) in [6.07, 6.45) is 0. The second-order valence-corrected chi connectivity index (χ2v) is 9.00. The summed E-state index contributed by atoms with van der Waals surface area (Å²) >= 11 is 3.05. The topological polar surface area (TPSA) is 76.7 Å². The van der Waals surface area contributed by atoms with Crippen molar-refractivity contribution in [3.05, 3.63) is 65.5 Å². The van der Waals surface area contributed by atoms with E-state index in [9.17, 15) is 0 Å². The number of nitrogens with zero attached hydrogens (tertiary/aromatic N) is 4. The molecule has 0 spiro atoms. The third-order valence-electron chi connectivity index (χ3n) is 4.04. The Morgan fingerprint density at radius 3 is 2.57 bits per heavy atom. The molecule has 0 saturated carbocycles. The van der Waals surface area contributed by atoms with Gasteiger partial charge >= 0.3 is 0 Å². The number of anilines is 2. The standard InChI is InChI=1S/C20H19N5OS2/c1-12-7-9-15(10-8-12)18-23-22-17(26-18)14(3)27-20-25-24-19(28-20)21-16-6-4-5-13(2)11-16/h4-11,14H,1-3H3,(H,21,24)/t14-/m0/s1. The average Bonchev–Trinajstić information content (AvgIpc) is 3.32. The van der Waals surface area contributed by atoms with Crippen LogP contribution in [0.3, 0.4) is 0 Å². The smallest absolute Gasteiger partial charge is 0.247 e. The lowest BCUT2D eigenvalue weighted by atomic mass is 10.1. The van der Waals surface area contributed by atoms with Gasteiger partial charge in [0.1, 0.15) is 0 Å². The molecule has 2 aromatic carbocycles. The highest BCUT2D eigenvalue weighted by Crippen LogP contribution is 2.38. The number of nitrogens with one attached hydrogen (secondary N) is 1. The SMILES string of the molecule is Cc1ccc(-c2nnc([C@H](C)Sc3nnc(Nc4cccc(C)c4)s3)o2)cc1. The number of hydrogen-bond donors (Lipinski definition) is 1. The fourth-order valence-corrected chi connectivity index (χ4v) is 4.51. The Hall–Kier alpha value is -2.71. The van der Waals surface area contributed by atoms with Crippen LogP contribution in [0.5, 0.6) is 0 Å². The molecule has 4 aromatic rings. The third-order valence-corrected chi connectivity index (χ3v) is 6.05. The van der Waals surface area contributed by atoms with Gasteiger partial charge in [-0.05, 0) is 50.6 Å². The molecular formula is C20H19N5OS2. The van der Waals surface area contributed by atoms with Gasteiger partial charge in [0.05, 0.1) is 5.25 Å². The Morgan fingerprint density at radius 1 is 0.964 bits per heavy atom. The van der Waals surface area contributed by atoms with Gasteiger partial charge in [-0.15, -0.1) is 20.4 Å². The summed E-state index contributed by atoms with van der Waals surface area (Å²) in [4.78, 5) is 0. The van der Waals surface area contributed by atoms with E-state index in [0.29, 0.717) is 11.8 Å². The Bertz CT molecular complexity index is 1070. The Labute approximate surface area is 171 Å². The first-order valence-electron chi connectivity index (χ1n) is 8.81. The summed E-state index contributed by atoms with van der Waals surface area (Å²) < 4.78 is 6.70. The Balaban J connectivity index is 1.42. The van der Waals surface area contributed by atoms with Crippen molar-refractivity contribution in [2.24, 2.45) is 0 Å². The second-order valence-electron chi connectivity index (χ2n) is 6.44. The van der Waals surface area contributed by atoms with Crippen molar-refractivity contribution in [3.8, 4) is 11.5 Å². The largest absolute Gasteiger partial charge is 0.419 e. The van der Waals surface area contributed by atoms with Gasteiger partial charge in [-0.2, -0.15) is 0 Å². The number of thioether (sulfide) groups is 1. The molecule has 8 heteroatoms. The normalized spacial score (nSPS) is 12.1. The highest BCUT2D eigenvalue weighted by molar-refractivity contribution is 8.01. The van der Waals surface area contributed by atoms with Gasteiger partial charge in [-0.1, -0.05) is 52.9 Å². The molecule has 0 aliphatic carbocycles. The highest BCUT2D eigenvalue weighted by Gasteiger charge is 2.18. The number of aromatic nitrogens is 4. The fraction of sp³-hybridized carbons (Fsp3) is 0.200. The van der Waals surface area contributed by atoms with Crippen molar-refractivity contribution < 1.29 is 4.42 Å². The lowest BCUT2D eigenvalue weighted by Crippen LogP contribution is -1.89. The fourth-order valence-electron chi connectivity index (χ4n) is 2.57. The minimum absolute atomic E-state index is 0.0218. The van der Waals surface area contributed by atoms with Crippen molar-refractivity contribution in [1.29, 1.82) is 0 Å². The molecule has 0 radical (unpaired) electrons. The molecule has 0 unspecified atom stereocenters. The highest BCUT2D eigenvalue weighted by atomic mass is 32.2. The van der Waals surface area contributed by atoms with E-state index in [1.54, 1.807) is 11.8 Å². The van der Waals surface area contributed by atoms with Crippen LogP contribution in [-0.2, 0) is 0 Å². The Morgan fingerprint density at radius 2 is 1.79 bits per heavy atom. The zero-order chi connectivity index (χ0) is 19.5. The molecular weight excluding hydrogens is 390 g/mol. The van der Waals surface area contributed by atoms with Crippen LogP contribution in [0, 0.1) is 13.8 Å². The van der Waals surface area contributed by atoms with Crippen LogP contribution in [0.4, 0.5) is 10.8 Å². The van der Waals surface area contributed by atoms with Crippen molar-refractivity contribution in [2.75, 3.05) is 5.32 Å². The quantitative estimate of drug-likeness (QED) is 0.403. The number of aryl methyl sites for hydroxylation is 2. The maximum Gasteiger partial charge on any atom is 0.247 e. The van der Waals surface area contributed by atoms with E-state index in [0.717, 1.165) is 20.7 Å². The number of benzene rings is 2. The summed E-state index contributed by atoms with van der Waals surface area (Å²) in [6.45, 7) is 6.13. The van der Waals surface area contributed by atoms with Gasteiger partial charge < -0.3 is 9.73 Å². The molecule has 4 rings (SSSR count). The number of hydrogen-bond acceptors (Lipinski definition) is 8. The van der Waals surface area contributed by atoms with Crippen molar-refractivity contribution in [2.45, 2.75) is 30.4 Å². The summed E-state index contributed by atoms with van der Waals surface area (Å²) in [7, 11) is 0. The molecule has 6 nitrogen and oxygen atoms in total. The van der Waals surface area contributed by atoms with Crippen LogP contribution in [-0.4, -0.2) is 20.4 Å². The minimum Gasteiger partial charge on any atom is -0.419 e. The van der Waals surface area contributed by atoms with Crippen molar-refractivity contribution in [3.63, 3.8) is 0 Å². The molecule has 1 atom stereocenters. The first-order chi connectivity index (χ1) is 13.6. The summed E-state index contributed by atoms with van der Waals surface area (Å²) in [6, 6.07) is 16.2. The van der Waals surface area contributed by atoms with E-state index >= 15 is 0 Å². The zero-order valence-electron chi connectivity index (χ0n) is 15.7. The van der Waals surface area contributed by atoms with E-state index in [-0.39, 0.29) is 5.25 Å². The van der Waals surface area contributed by atoms with Crippen LogP contribution in [0.2, 0.25) is 0 Å². The molecule has 2 heterocycles. The van der Waals surface area contributed by atoms with Crippen LogP contribution >= 0.6 is 23.1 Å². The van der Waals surface area contributed by atoms with Gasteiger partial charge in [-0.25, -0.2) is 0 Å². The van der Waals surface area contributed by atoms with Crippen LogP contribution < -0.4 is 5.32 Å². The zero-order valence-corrected chi connectivity index (χ0v) is 17.3. The number of rotatable bonds is 6. The van der Waals surface area contributed by atoms with Crippen molar-refractivity contribution >= 4 is 33.9 Å². The summed E-state index contributed by atoms with van der Waals surface area (Å²) in [5, 5.41) is 20.9. The van der Waals surface area contributed by atoms with E-state index in [1.165, 1.54) is 22.5 Å². The lowest BCUT2D eigenvalue weighted by molar-refractivity contribution is 0.509. The third kappa shape index (κ3) is 4.40. The predicted octanol–water partition coefficient (Wildman–Crippen LogP) is 5.80. The molecule has 0 aliphatic heterocycles.